The summed E-state index contributed by atoms with van der Waals surface area (Å²) in [6.07, 6.45) is 2.03. The Hall–Kier alpha value is -0.393. The molecule has 0 N–H and O–H groups in total. The van der Waals surface area contributed by atoms with E-state index in [9.17, 15) is 0 Å². The largest absolute Gasteiger partial charge is 0.504 e. The maximum absolute atomic E-state index is 5.68. The molecule has 0 saturated heterocycles. The molecule has 0 heterocycles. The van der Waals surface area contributed by atoms with E-state index in [-0.39, 0.29) is 0 Å². The van der Waals surface area contributed by atoms with Gasteiger partial charge < -0.3 is 13.3 Å². The smallest absolute Gasteiger partial charge is 0.377 e. The highest BCUT2D eigenvalue weighted by atomic mass is 35.5. The van der Waals surface area contributed by atoms with Crippen molar-refractivity contribution in [3.63, 3.8) is 0 Å². The number of alkyl halides is 1. The molecule has 0 aliphatic rings. The van der Waals surface area contributed by atoms with Crippen LogP contribution in [0.2, 0.25) is 0 Å². The van der Waals surface area contributed by atoms with E-state index in [1.54, 1.807) is 21.3 Å². The molecule has 0 fully saturated rings. The predicted molar refractivity (Wildman–Crippen MR) is 76.0 cm³/mol. The molecule has 0 aliphatic heterocycles. The van der Waals surface area contributed by atoms with Crippen LogP contribution in [0.25, 0.3) is 0 Å². The third-order valence-electron chi connectivity index (χ3n) is 2.98. The van der Waals surface area contributed by atoms with E-state index in [0.717, 1.165) is 12.8 Å². The van der Waals surface area contributed by atoms with Crippen molar-refractivity contribution in [2.45, 2.75) is 18.9 Å². The highest BCUT2D eigenvalue weighted by Crippen LogP contribution is 2.15. The van der Waals surface area contributed by atoms with Crippen molar-refractivity contribution in [3.05, 3.63) is 35.4 Å². The lowest BCUT2D eigenvalue weighted by molar-refractivity contribution is 0.122. The minimum atomic E-state index is -2.52. The second kappa shape index (κ2) is 7.91. The van der Waals surface area contributed by atoms with Crippen molar-refractivity contribution in [1.29, 1.82) is 0 Å². The second-order valence-electron chi connectivity index (χ2n) is 4.08. The lowest BCUT2D eigenvalue weighted by atomic mass is 10.1. The molecule has 0 radical (unpaired) electrons. The Kier molecular flexibility index (Phi) is 6.89. The maximum atomic E-state index is 5.68. The van der Waals surface area contributed by atoms with E-state index >= 15 is 0 Å². The Morgan fingerprint density at radius 2 is 1.44 bits per heavy atom. The summed E-state index contributed by atoms with van der Waals surface area (Å²) in [5.41, 5.74) is 2.47. The van der Waals surface area contributed by atoms with Crippen molar-refractivity contribution >= 4 is 20.4 Å². The van der Waals surface area contributed by atoms with Crippen LogP contribution in [-0.2, 0) is 25.7 Å². The molecule has 18 heavy (non-hydrogen) atoms. The first kappa shape index (κ1) is 15.7. The third-order valence-corrected chi connectivity index (χ3v) is 5.95. The molecule has 1 aromatic carbocycles. The highest BCUT2D eigenvalue weighted by molar-refractivity contribution is 6.60. The van der Waals surface area contributed by atoms with Gasteiger partial charge in [0.05, 0.1) is 0 Å². The van der Waals surface area contributed by atoms with Gasteiger partial charge in [0.25, 0.3) is 0 Å². The van der Waals surface area contributed by atoms with E-state index in [1.165, 1.54) is 11.1 Å². The molecular formula is C13H21ClO3Si. The molecule has 1 aromatic rings. The van der Waals surface area contributed by atoms with E-state index < -0.39 is 8.80 Å². The van der Waals surface area contributed by atoms with E-state index in [2.05, 4.69) is 24.3 Å². The summed E-state index contributed by atoms with van der Waals surface area (Å²) < 4.78 is 16.2. The van der Waals surface area contributed by atoms with Gasteiger partial charge in [-0.3, -0.25) is 0 Å². The van der Waals surface area contributed by atoms with Crippen molar-refractivity contribution in [2.24, 2.45) is 0 Å². The average molecular weight is 289 g/mol. The summed E-state index contributed by atoms with van der Waals surface area (Å²) in [6.45, 7) is 0. The molecule has 0 atom stereocenters. The second-order valence-corrected chi connectivity index (χ2v) is 7.40. The molecule has 0 aromatic heterocycles. The molecule has 0 aliphatic carbocycles. The number of halogens is 1. The fourth-order valence-electron chi connectivity index (χ4n) is 1.81. The fourth-order valence-corrected chi connectivity index (χ4v) is 3.61. The molecule has 5 heteroatoms. The third kappa shape index (κ3) is 4.37. The van der Waals surface area contributed by atoms with Crippen LogP contribution in [0.4, 0.5) is 0 Å². The Labute approximate surface area is 115 Å². The monoisotopic (exact) mass is 288 g/mol. The van der Waals surface area contributed by atoms with Gasteiger partial charge >= 0.3 is 8.80 Å². The lowest BCUT2D eigenvalue weighted by Gasteiger charge is -2.24. The van der Waals surface area contributed by atoms with Gasteiger partial charge in [-0.05, 0) is 24.0 Å². The lowest BCUT2D eigenvalue weighted by Crippen LogP contribution is -2.45. The Morgan fingerprint density at radius 3 is 1.89 bits per heavy atom. The number of hydrogen-bond donors (Lipinski definition) is 0. The Bertz CT molecular complexity index is 330. The maximum Gasteiger partial charge on any atom is 0.504 e. The zero-order valence-corrected chi connectivity index (χ0v) is 13.0. The van der Waals surface area contributed by atoms with Crippen molar-refractivity contribution in [2.75, 3.05) is 27.2 Å². The van der Waals surface area contributed by atoms with Crippen LogP contribution in [0.15, 0.2) is 24.3 Å². The van der Waals surface area contributed by atoms with Crippen LogP contribution >= 0.6 is 11.6 Å². The fraction of sp³-hybridized carbons (Fsp3) is 0.538. The van der Waals surface area contributed by atoms with Gasteiger partial charge in [0.15, 0.2) is 0 Å². The molecule has 0 spiro atoms. The minimum Gasteiger partial charge on any atom is -0.377 e. The molecule has 3 nitrogen and oxygen atoms in total. The normalized spacial score (nSPS) is 11.8. The summed E-state index contributed by atoms with van der Waals surface area (Å²) in [6, 6.07) is 9.14. The number of hydrogen-bond acceptors (Lipinski definition) is 3. The molecule has 1 rings (SSSR count). The summed E-state index contributed by atoms with van der Waals surface area (Å²) in [5, 5.41) is 0. The van der Waals surface area contributed by atoms with Gasteiger partial charge in [0, 0.05) is 33.3 Å². The van der Waals surface area contributed by atoms with Crippen molar-refractivity contribution in [3.8, 4) is 0 Å². The van der Waals surface area contributed by atoms with Crippen LogP contribution in [0.1, 0.15) is 17.5 Å². The first-order valence-electron chi connectivity index (χ1n) is 5.99. The predicted octanol–water partition coefficient (Wildman–Crippen LogP) is 2.82. The molecule has 0 bridgehead atoms. The van der Waals surface area contributed by atoms with Crippen molar-refractivity contribution in [1.82, 2.24) is 0 Å². The first-order valence-corrected chi connectivity index (χ1v) is 8.45. The molecule has 0 saturated carbocycles. The van der Waals surface area contributed by atoms with E-state index in [0.29, 0.717) is 11.9 Å². The van der Waals surface area contributed by atoms with Gasteiger partial charge in [0.2, 0.25) is 0 Å². The van der Waals surface area contributed by atoms with Crippen LogP contribution in [-0.4, -0.2) is 36.0 Å². The van der Waals surface area contributed by atoms with E-state index in [4.69, 9.17) is 24.9 Å². The standard InChI is InChI=1S/C13H21ClO3Si/c1-15-18(16-2,17-3)11-13-8-6-12(7-9-13)5-4-10-14/h6-9H,4-5,10-11H2,1-3H3. The summed E-state index contributed by atoms with van der Waals surface area (Å²) in [7, 11) is 2.38. The minimum absolute atomic E-state index is 0.687. The Morgan fingerprint density at radius 1 is 0.944 bits per heavy atom. The molecule has 102 valence electrons. The molecule has 0 amide bonds. The van der Waals surface area contributed by atoms with E-state index in [1.807, 2.05) is 0 Å². The number of rotatable bonds is 8. The van der Waals surface area contributed by atoms with Crippen LogP contribution in [0.3, 0.4) is 0 Å². The molecular weight excluding hydrogens is 268 g/mol. The van der Waals surface area contributed by atoms with Gasteiger partial charge in [0.1, 0.15) is 0 Å². The van der Waals surface area contributed by atoms with Gasteiger partial charge in [-0.1, -0.05) is 24.3 Å². The van der Waals surface area contributed by atoms with Gasteiger partial charge in [-0.15, -0.1) is 11.6 Å². The highest BCUT2D eigenvalue weighted by Gasteiger charge is 2.37. The van der Waals surface area contributed by atoms with Crippen LogP contribution in [0.5, 0.6) is 0 Å². The van der Waals surface area contributed by atoms with Crippen molar-refractivity contribution < 1.29 is 13.3 Å². The summed E-state index contributed by atoms with van der Waals surface area (Å²) >= 11 is 5.68. The summed E-state index contributed by atoms with van der Waals surface area (Å²) in [5.74, 6) is 0.703. The van der Waals surface area contributed by atoms with Gasteiger partial charge in [-0.25, -0.2) is 0 Å². The zero-order valence-electron chi connectivity index (χ0n) is 11.2. The quantitative estimate of drug-likeness (QED) is 0.544. The SMILES string of the molecule is CO[Si](Cc1ccc(CCCCl)cc1)(OC)OC. The summed E-state index contributed by atoms with van der Waals surface area (Å²) in [4.78, 5) is 0. The average Bonchev–Trinajstić information content (AvgIpc) is 2.44. The van der Waals surface area contributed by atoms with Gasteiger partial charge in [-0.2, -0.15) is 0 Å². The number of benzene rings is 1. The first-order chi connectivity index (χ1) is 8.69. The van der Waals surface area contributed by atoms with Crippen LogP contribution in [0, 0.1) is 0 Å². The number of aryl methyl sites for hydroxylation is 1. The Balaban J connectivity index is 2.67. The van der Waals surface area contributed by atoms with Crippen LogP contribution < -0.4 is 0 Å². The topological polar surface area (TPSA) is 27.7 Å². The zero-order chi connectivity index (χ0) is 13.4. The molecule has 0 unspecified atom stereocenters.